The van der Waals surface area contributed by atoms with E-state index >= 15 is 4.39 Å². The summed E-state index contributed by atoms with van der Waals surface area (Å²) in [5.74, 6) is -1.42. The lowest BCUT2D eigenvalue weighted by Crippen LogP contribution is -2.35. The van der Waals surface area contributed by atoms with Crippen LogP contribution in [-0.2, 0) is 20.7 Å². The summed E-state index contributed by atoms with van der Waals surface area (Å²) < 4.78 is 71.5. The lowest BCUT2D eigenvalue weighted by molar-refractivity contribution is -0.207. The Morgan fingerprint density at radius 2 is 1.76 bits per heavy atom. The summed E-state index contributed by atoms with van der Waals surface area (Å²) in [5.41, 5.74) is -1.77. The molecule has 0 saturated carbocycles. The Morgan fingerprint density at radius 3 is 2.33 bits per heavy atom. The molecule has 3 rings (SSSR count). The standard InChI is InChI=1S/C32H34F4N4O5/c1-18(12-29(44-7)31(3,4)32(34,35)36)30(37)26(42)14-20-8-9-21(13-22(20)33)25-17-38-23-15-27(43-6)28(16-24(23)39-25)45-11-10-40(5)19(2)41/h8-9,12-13,15-17,37H,1,10-11,14H2,2-7H3. The van der Waals surface area contributed by atoms with E-state index in [4.69, 9.17) is 19.6 Å². The van der Waals surface area contributed by atoms with E-state index in [0.717, 1.165) is 27.0 Å². The number of rotatable bonds is 13. The van der Waals surface area contributed by atoms with Gasteiger partial charge in [-0.3, -0.25) is 20.0 Å². The van der Waals surface area contributed by atoms with Crippen LogP contribution >= 0.6 is 0 Å². The van der Waals surface area contributed by atoms with Crippen LogP contribution in [0.15, 0.2) is 60.5 Å². The number of alkyl halides is 3. The molecule has 45 heavy (non-hydrogen) atoms. The number of methoxy groups -OCH3 is 2. The van der Waals surface area contributed by atoms with Gasteiger partial charge < -0.3 is 19.1 Å². The first-order valence-electron chi connectivity index (χ1n) is 13.6. The molecule has 0 aliphatic carbocycles. The monoisotopic (exact) mass is 630 g/mol. The Kier molecular flexibility index (Phi) is 10.7. The molecule has 3 aromatic rings. The fraction of sp³-hybridized carbons (Fsp3) is 0.344. The Hall–Kier alpha value is -4.81. The molecule has 2 aromatic carbocycles. The van der Waals surface area contributed by atoms with Crippen molar-refractivity contribution in [2.24, 2.45) is 5.41 Å². The van der Waals surface area contributed by atoms with Crippen LogP contribution in [-0.4, -0.2) is 72.9 Å². The number of amides is 1. The van der Waals surface area contributed by atoms with Gasteiger partial charge in [0.1, 0.15) is 29.3 Å². The molecule has 0 radical (unpaired) electrons. The van der Waals surface area contributed by atoms with Crippen LogP contribution in [0.4, 0.5) is 17.6 Å². The number of hydrogen-bond donors (Lipinski definition) is 1. The number of likely N-dealkylation sites (N-methyl/N-ethyl adjacent to an activating group) is 1. The third-order valence-electron chi connectivity index (χ3n) is 7.20. The van der Waals surface area contributed by atoms with Gasteiger partial charge in [-0.1, -0.05) is 18.7 Å². The van der Waals surface area contributed by atoms with Crippen LogP contribution in [0.3, 0.4) is 0 Å². The number of ether oxygens (including phenoxy) is 3. The molecular formula is C32H34F4N4O5. The van der Waals surface area contributed by atoms with E-state index in [2.05, 4.69) is 16.5 Å². The lowest BCUT2D eigenvalue weighted by Gasteiger charge is -2.29. The highest BCUT2D eigenvalue weighted by Crippen LogP contribution is 2.44. The van der Waals surface area contributed by atoms with E-state index in [0.29, 0.717) is 40.3 Å². The van der Waals surface area contributed by atoms with Crippen LogP contribution in [0.25, 0.3) is 22.3 Å². The molecule has 0 aliphatic rings. The molecule has 1 amide bonds. The van der Waals surface area contributed by atoms with E-state index in [9.17, 15) is 22.8 Å². The Labute approximate surface area is 258 Å². The van der Waals surface area contributed by atoms with Gasteiger partial charge in [-0.25, -0.2) is 9.37 Å². The predicted octanol–water partition coefficient (Wildman–Crippen LogP) is 6.11. The molecule has 1 heterocycles. The lowest BCUT2D eigenvalue weighted by atomic mass is 9.88. The number of ketones is 1. The van der Waals surface area contributed by atoms with Gasteiger partial charge in [0.2, 0.25) is 5.91 Å². The van der Waals surface area contributed by atoms with Gasteiger partial charge in [-0.05, 0) is 37.1 Å². The summed E-state index contributed by atoms with van der Waals surface area (Å²) >= 11 is 0. The average molecular weight is 631 g/mol. The number of allylic oxidation sites excluding steroid dienone is 3. The summed E-state index contributed by atoms with van der Waals surface area (Å²) in [6.07, 6.45) is -2.84. The molecule has 0 aliphatic heterocycles. The second-order valence-corrected chi connectivity index (χ2v) is 10.7. The van der Waals surface area contributed by atoms with Crippen molar-refractivity contribution in [1.29, 1.82) is 5.41 Å². The van der Waals surface area contributed by atoms with Crippen LogP contribution < -0.4 is 9.47 Å². The van der Waals surface area contributed by atoms with Crippen molar-refractivity contribution in [1.82, 2.24) is 14.9 Å². The van der Waals surface area contributed by atoms with E-state index in [1.54, 1.807) is 19.2 Å². The smallest absolute Gasteiger partial charge is 0.400 e. The second-order valence-electron chi connectivity index (χ2n) is 10.7. The maximum atomic E-state index is 15.1. The normalized spacial score (nSPS) is 12.1. The van der Waals surface area contributed by atoms with Crippen molar-refractivity contribution in [2.45, 2.75) is 33.4 Å². The second kappa shape index (κ2) is 13.9. The Bertz CT molecular complexity index is 1670. The number of halogens is 4. The first kappa shape index (κ1) is 34.7. The molecule has 0 saturated heterocycles. The number of nitrogens with one attached hydrogen (secondary N) is 1. The van der Waals surface area contributed by atoms with Gasteiger partial charge in [-0.2, -0.15) is 13.2 Å². The van der Waals surface area contributed by atoms with Crippen molar-refractivity contribution in [2.75, 3.05) is 34.4 Å². The third-order valence-corrected chi connectivity index (χ3v) is 7.20. The van der Waals surface area contributed by atoms with Crippen molar-refractivity contribution in [3.63, 3.8) is 0 Å². The largest absolute Gasteiger partial charge is 0.500 e. The van der Waals surface area contributed by atoms with Crippen LogP contribution in [0, 0.1) is 16.6 Å². The summed E-state index contributed by atoms with van der Waals surface area (Å²) in [4.78, 5) is 34.7. The highest BCUT2D eigenvalue weighted by atomic mass is 19.4. The molecule has 0 bridgehead atoms. The van der Waals surface area contributed by atoms with E-state index < -0.39 is 41.1 Å². The maximum Gasteiger partial charge on any atom is 0.400 e. The van der Waals surface area contributed by atoms with Gasteiger partial charge in [0.25, 0.3) is 0 Å². The summed E-state index contributed by atoms with van der Waals surface area (Å²) in [5, 5.41) is 8.12. The zero-order valence-electron chi connectivity index (χ0n) is 25.8. The Balaban J connectivity index is 1.80. The number of Topliss-reactive ketones (excluding diaryl/α,β-unsaturated/α-hetero) is 1. The van der Waals surface area contributed by atoms with Gasteiger partial charge in [0.15, 0.2) is 17.3 Å². The van der Waals surface area contributed by atoms with Gasteiger partial charge in [0, 0.05) is 38.1 Å². The molecule has 0 atom stereocenters. The fourth-order valence-electron chi connectivity index (χ4n) is 4.04. The minimum Gasteiger partial charge on any atom is -0.500 e. The molecule has 9 nitrogen and oxygen atoms in total. The van der Waals surface area contributed by atoms with Crippen molar-refractivity contribution in [3.8, 4) is 22.8 Å². The quantitative estimate of drug-likeness (QED) is 0.105. The molecule has 1 aromatic heterocycles. The number of benzene rings is 2. The highest BCUT2D eigenvalue weighted by molar-refractivity contribution is 6.45. The fourth-order valence-corrected chi connectivity index (χ4v) is 4.04. The first-order valence-corrected chi connectivity index (χ1v) is 13.6. The third kappa shape index (κ3) is 8.02. The van der Waals surface area contributed by atoms with Crippen LogP contribution in [0.5, 0.6) is 11.5 Å². The number of carbonyl (C=O) groups is 2. The van der Waals surface area contributed by atoms with Crippen LogP contribution in [0.2, 0.25) is 0 Å². The number of carbonyl (C=O) groups excluding carboxylic acids is 2. The zero-order chi connectivity index (χ0) is 33.7. The number of nitrogens with zero attached hydrogens (tertiary/aromatic N) is 3. The molecule has 0 unspecified atom stereocenters. The SMILES string of the molecule is C=C(C=C(OC)C(C)(C)C(F)(F)F)C(=N)C(=O)Cc1ccc(-c2cnc3cc(OC)c(OCCN(C)C(C)=O)cc3n2)cc1F. The number of fused-ring (bicyclic) bond motifs is 1. The molecule has 240 valence electrons. The van der Waals surface area contributed by atoms with Gasteiger partial charge in [0.05, 0.1) is 43.7 Å². The number of aromatic nitrogens is 2. The first-order chi connectivity index (χ1) is 21.0. The van der Waals surface area contributed by atoms with E-state index in [1.807, 2.05) is 0 Å². The maximum absolute atomic E-state index is 15.1. The zero-order valence-corrected chi connectivity index (χ0v) is 25.8. The Morgan fingerprint density at radius 1 is 1.09 bits per heavy atom. The molecule has 1 N–H and O–H groups in total. The summed E-state index contributed by atoms with van der Waals surface area (Å²) in [6.45, 7) is 7.35. The number of hydrogen-bond acceptors (Lipinski definition) is 8. The van der Waals surface area contributed by atoms with Gasteiger partial charge in [-0.15, -0.1) is 0 Å². The molecular weight excluding hydrogens is 596 g/mol. The van der Waals surface area contributed by atoms with E-state index in [-0.39, 0.29) is 23.7 Å². The predicted molar refractivity (Wildman–Crippen MR) is 161 cm³/mol. The topological polar surface area (TPSA) is 115 Å². The van der Waals surface area contributed by atoms with E-state index in [1.165, 1.54) is 43.3 Å². The van der Waals surface area contributed by atoms with Gasteiger partial charge >= 0.3 is 6.18 Å². The molecule has 13 heteroatoms. The van der Waals surface area contributed by atoms with Crippen molar-refractivity contribution in [3.05, 3.63) is 71.9 Å². The van der Waals surface area contributed by atoms with Crippen LogP contribution in [0.1, 0.15) is 26.3 Å². The summed E-state index contributed by atoms with van der Waals surface area (Å²) in [6, 6.07) is 7.34. The van der Waals surface area contributed by atoms with Crippen molar-refractivity contribution >= 4 is 28.4 Å². The summed E-state index contributed by atoms with van der Waals surface area (Å²) in [7, 11) is 4.18. The minimum atomic E-state index is -4.65. The highest BCUT2D eigenvalue weighted by Gasteiger charge is 2.51. The molecule has 0 spiro atoms. The minimum absolute atomic E-state index is 0.0300. The average Bonchev–Trinajstić information content (AvgIpc) is 2.98. The van der Waals surface area contributed by atoms with Crippen molar-refractivity contribution < 1.29 is 41.4 Å². The molecule has 0 fully saturated rings.